The highest BCUT2D eigenvalue weighted by Crippen LogP contribution is 2.24. The van der Waals surface area contributed by atoms with Gasteiger partial charge in [-0.1, -0.05) is 24.3 Å². The summed E-state index contributed by atoms with van der Waals surface area (Å²) >= 11 is 0. The van der Waals surface area contributed by atoms with E-state index in [1.807, 2.05) is 24.3 Å². The summed E-state index contributed by atoms with van der Waals surface area (Å²) < 4.78 is 27.9. The Kier molecular flexibility index (Phi) is 5.38. The van der Waals surface area contributed by atoms with Gasteiger partial charge >= 0.3 is 0 Å². The molecule has 3 rings (SSSR count). The number of nitrogens with two attached hydrogens (primary N) is 1. The van der Waals surface area contributed by atoms with E-state index < -0.39 is 10.0 Å². The molecule has 140 valence electrons. The van der Waals surface area contributed by atoms with E-state index in [1.54, 1.807) is 25.3 Å². The zero-order valence-electron chi connectivity index (χ0n) is 14.7. The van der Waals surface area contributed by atoms with E-state index in [9.17, 15) is 13.2 Å². The molecule has 0 aliphatic rings. The molecule has 0 fully saturated rings. The molecule has 8 heteroatoms. The van der Waals surface area contributed by atoms with Gasteiger partial charge < -0.3 is 10.1 Å². The number of aromatic nitrogens is 1. The maximum atomic E-state index is 12.4. The van der Waals surface area contributed by atoms with Crippen LogP contribution in [0.5, 0.6) is 5.75 Å². The number of hydrogen-bond donors (Lipinski definition) is 2. The fourth-order valence-electron chi connectivity index (χ4n) is 2.69. The maximum absolute atomic E-state index is 12.4. The summed E-state index contributed by atoms with van der Waals surface area (Å²) in [4.78, 5) is 16.8. The fourth-order valence-corrected chi connectivity index (χ4v) is 3.20. The average Bonchev–Trinajstić information content (AvgIpc) is 2.66. The monoisotopic (exact) mass is 385 g/mol. The normalized spacial score (nSPS) is 11.3. The number of benzene rings is 2. The van der Waals surface area contributed by atoms with Crippen molar-refractivity contribution in [1.82, 2.24) is 10.3 Å². The van der Waals surface area contributed by atoms with Crippen LogP contribution in [0.4, 0.5) is 0 Å². The summed E-state index contributed by atoms with van der Waals surface area (Å²) in [5.74, 6) is 0.282. The van der Waals surface area contributed by atoms with Crippen molar-refractivity contribution in [1.29, 1.82) is 0 Å². The molecule has 0 spiro atoms. The SMILES string of the molecule is COc1cc(C(=O)NCCc2ccc(S(N)(=O)=O)cc2)nc2ccccc12. The lowest BCUT2D eigenvalue weighted by atomic mass is 10.1. The highest BCUT2D eigenvalue weighted by Gasteiger charge is 2.12. The Morgan fingerprint density at radius 3 is 2.52 bits per heavy atom. The number of methoxy groups -OCH3 is 1. The second-order valence-corrected chi connectivity index (χ2v) is 7.48. The van der Waals surface area contributed by atoms with Crippen LogP contribution in [0, 0.1) is 0 Å². The highest BCUT2D eigenvalue weighted by molar-refractivity contribution is 7.89. The predicted molar refractivity (Wildman–Crippen MR) is 102 cm³/mol. The minimum absolute atomic E-state index is 0.0581. The quantitative estimate of drug-likeness (QED) is 0.673. The number of sulfonamides is 1. The standard InChI is InChI=1S/C19H19N3O4S/c1-26-18-12-17(22-16-5-3-2-4-15(16)18)19(23)21-11-10-13-6-8-14(9-7-13)27(20,24)25/h2-9,12H,10-11H2,1H3,(H,21,23)(H2,20,24,25). The van der Waals surface area contributed by atoms with Crippen molar-refractivity contribution < 1.29 is 17.9 Å². The van der Waals surface area contributed by atoms with Crippen molar-refractivity contribution in [3.05, 3.63) is 65.9 Å². The first kappa shape index (κ1) is 18.8. The third-order valence-corrected chi connectivity index (χ3v) is 5.01. The first-order chi connectivity index (χ1) is 12.9. The van der Waals surface area contributed by atoms with Gasteiger partial charge in [-0.3, -0.25) is 4.79 Å². The number of nitrogens with one attached hydrogen (secondary N) is 1. The smallest absolute Gasteiger partial charge is 0.270 e. The number of nitrogens with zero attached hydrogens (tertiary/aromatic N) is 1. The van der Waals surface area contributed by atoms with Crippen LogP contribution >= 0.6 is 0 Å². The largest absolute Gasteiger partial charge is 0.496 e. The molecule has 7 nitrogen and oxygen atoms in total. The lowest BCUT2D eigenvalue weighted by Gasteiger charge is -2.09. The van der Waals surface area contributed by atoms with Crippen LogP contribution in [0.25, 0.3) is 10.9 Å². The first-order valence-electron chi connectivity index (χ1n) is 8.22. The van der Waals surface area contributed by atoms with Crippen LogP contribution in [0.15, 0.2) is 59.5 Å². The minimum Gasteiger partial charge on any atom is -0.496 e. The molecule has 0 bridgehead atoms. The fraction of sp³-hybridized carbons (Fsp3) is 0.158. The molecule has 0 radical (unpaired) electrons. The van der Waals surface area contributed by atoms with E-state index in [-0.39, 0.29) is 16.5 Å². The van der Waals surface area contributed by atoms with Crippen molar-refractivity contribution >= 4 is 26.8 Å². The number of ether oxygens (including phenoxy) is 1. The minimum atomic E-state index is -3.70. The Morgan fingerprint density at radius 2 is 1.85 bits per heavy atom. The van der Waals surface area contributed by atoms with Gasteiger partial charge in [0.25, 0.3) is 5.91 Å². The van der Waals surface area contributed by atoms with Gasteiger partial charge in [-0.2, -0.15) is 0 Å². The predicted octanol–water partition coefficient (Wildman–Crippen LogP) is 1.86. The Labute approximate surface area is 157 Å². The number of primary sulfonamides is 1. The van der Waals surface area contributed by atoms with Gasteiger partial charge in [0.15, 0.2) is 0 Å². The Balaban J connectivity index is 1.67. The van der Waals surface area contributed by atoms with Gasteiger partial charge in [0.2, 0.25) is 10.0 Å². The highest BCUT2D eigenvalue weighted by atomic mass is 32.2. The van der Waals surface area contributed by atoms with Crippen molar-refractivity contribution in [2.75, 3.05) is 13.7 Å². The molecule has 0 aliphatic heterocycles. The molecule has 3 aromatic rings. The van der Waals surface area contributed by atoms with Crippen LogP contribution in [0.2, 0.25) is 0 Å². The topological polar surface area (TPSA) is 111 Å². The molecular formula is C19H19N3O4S. The van der Waals surface area contributed by atoms with E-state index in [4.69, 9.17) is 9.88 Å². The van der Waals surface area contributed by atoms with Gasteiger partial charge in [-0.15, -0.1) is 0 Å². The van der Waals surface area contributed by atoms with Crippen LogP contribution in [0.3, 0.4) is 0 Å². The van der Waals surface area contributed by atoms with E-state index in [1.165, 1.54) is 12.1 Å². The van der Waals surface area contributed by atoms with Crippen LogP contribution < -0.4 is 15.2 Å². The molecule has 0 saturated carbocycles. The zero-order valence-corrected chi connectivity index (χ0v) is 15.5. The van der Waals surface area contributed by atoms with Crippen LogP contribution in [0.1, 0.15) is 16.1 Å². The van der Waals surface area contributed by atoms with Gasteiger partial charge in [0.1, 0.15) is 11.4 Å². The van der Waals surface area contributed by atoms with Crippen LogP contribution in [-0.4, -0.2) is 33.0 Å². The van der Waals surface area contributed by atoms with E-state index in [0.29, 0.717) is 24.2 Å². The summed E-state index contributed by atoms with van der Waals surface area (Å²) in [6.45, 7) is 0.379. The third-order valence-electron chi connectivity index (χ3n) is 4.08. The maximum Gasteiger partial charge on any atom is 0.270 e. The van der Waals surface area contributed by atoms with E-state index >= 15 is 0 Å². The molecule has 0 saturated heterocycles. The molecule has 27 heavy (non-hydrogen) atoms. The molecule has 1 amide bonds. The second-order valence-electron chi connectivity index (χ2n) is 5.92. The molecular weight excluding hydrogens is 366 g/mol. The Morgan fingerprint density at radius 1 is 1.15 bits per heavy atom. The van der Waals surface area contributed by atoms with Crippen molar-refractivity contribution in [3.8, 4) is 5.75 Å². The zero-order chi connectivity index (χ0) is 19.4. The average molecular weight is 385 g/mol. The molecule has 1 heterocycles. The van der Waals surface area contributed by atoms with Crippen molar-refractivity contribution in [3.63, 3.8) is 0 Å². The van der Waals surface area contributed by atoms with E-state index in [0.717, 1.165) is 10.9 Å². The summed E-state index contributed by atoms with van der Waals surface area (Å²) in [7, 11) is -2.15. The molecule has 2 aromatic carbocycles. The molecule has 1 aromatic heterocycles. The lowest BCUT2D eigenvalue weighted by molar-refractivity contribution is 0.0949. The number of hydrogen-bond acceptors (Lipinski definition) is 5. The molecule has 0 unspecified atom stereocenters. The van der Waals surface area contributed by atoms with Gasteiger partial charge in [0.05, 0.1) is 17.5 Å². The van der Waals surface area contributed by atoms with Crippen molar-refractivity contribution in [2.24, 2.45) is 5.14 Å². The van der Waals surface area contributed by atoms with Gasteiger partial charge in [0, 0.05) is 18.0 Å². The summed E-state index contributed by atoms with van der Waals surface area (Å²) in [6.07, 6.45) is 0.543. The number of carbonyl (C=O) groups is 1. The molecule has 3 N–H and O–H groups in total. The third kappa shape index (κ3) is 4.42. The summed E-state index contributed by atoms with van der Waals surface area (Å²) in [5.41, 5.74) is 1.84. The Hall–Kier alpha value is -2.97. The molecule has 0 atom stereocenters. The van der Waals surface area contributed by atoms with Gasteiger partial charge in [-0.25, -0.2) is 18.5 Å². The number of amides is 1. The number of fused-ring (bicyclic) bond motifs is 1. The molecule has 0 aliphatic carbocycles. The first-order valence-corrected chi connectivity index (χ1v) is 9.77. The van der Waals surface area contributed by atoms with Gasteiger partial charge in [-0.05, 0) is 36.2 Å². The Bertz CT molecular complexity index is 1080. The van der Waals surface area contributed by atoms with Crippen molar-refractivity contribution in [2.45, 2.75) is 11.3 Å². The number of rotatable bonds is 6. The number of pyridine rings is 1. The summed E-state index contributed by atoms with van der Waals surface area (Å²) in [5, 5.41) is 8.72. The lowest BCUT2D eigenvalue weighted by Crippen LogP contribution is -2.26. The van der Waals surface area contributed by atoms with E-state index in [2.05, 4.69) is 10.3 Å². The number of carbonyl (C=O) groups excluding carboxylic acids is 1. The number of para-hydroxylation sites is 1. The second kappa shape index (κ2) is 7.73. The van der Waals surface area contributed by atoms with Crippen LogP contribution in [-0.2, 0) is 16.4 Å². The summed E-state index contributed by atoms with van der Waals surface area (Å²) in [6, 6.07) is 15.3.